The fraction of sp³-hybridized carbons (Fsp3) is 1.00. The first-order chi connectivity index (χ1) is 13.2. The van der Waals surface area contributed by atoms with E-state index in [-0.39, 0.29) is 0 Å². The van der Waals surface area contributed by atoms with Crippen molar-refractivity contribution in [3.63, 3.8) is 0 Å². The van der Waals surface area contributed by atoms with Crippen molar-refractivity contribution in [3.8, 4) is 0 Å². The number of hydrogen-bond donors (Lipinski definition) is 0. The van der Waals surface area contributed by atoms with Gasteiger partial charge in [-0.3, -0.25) is 0 Å². The second-order valence-corrected chi connectivity index (χ2v) is 7.42. The normalized spacial score (nSPS) is 17.1. The lowest BCUT2D eigenvalue weighted by molar-refractivity contribution is -0.462. The molecule has 0 spiro atoms. The molecule has 0 aliphatic heterocycles. The minimum atomic E-state index is -9.02. The molecule has 0 aromatic heterocycles. The summed E-state index contributed by atoms with van der Waals surface area (Å²) in [5.74, 6) is -68.6. The summed E-state index contributed by atoms with van der Waals surface area (Å²) < 4.78 is 252. The van der Waals surface area contributed by atoms with Gasteiger partial charge in [0.05, 0.1) is 0 Å². The van der Waals surface area contributed by atoms with Gasteiger partial charge in [-0.2, -0.15) is 87.8 Å². The smallest absolute Gasteiger partial charge is 0.192 e. The zero-order valence-corrected chi connectivity index (χ0v) is 16.2. The zero-order chi connectivity index (χ0) is 27.0. The molecule has 0 fully saturated rings. The lowest BCUT2D eigenvalue weighted by atomic mass is 9.87. The summed E-state index contributed by atoms with van der Waals surface area (Å²) in [6.45, 7) is 0. The average Bonchev–Trinajstić information content (AvgIpc) is 2.51. The molecule has 0 aromatic carbocycles. The SMILES string of the molecule is FC(F)(Cl)C(F)(F)C(F)(F)C(F)(F)C(F)(F)C(F)(F)C(F)(F)C(F)(F)C(F)(F)C(F)(F)I. The van der Waals surface area contributed by atoms with E-state index in [9.17, 15) is 87.8 Å². The maximum absolute atomic E-state index is 13.3. The molecule has 0 amide bonds. The Hall–Kier alpha value is -0.380. The van der Waals surface area contributed by atoms with Gasteiger partial charge < -0.3 is 0 Å². The molecule has 22 heteroatoms. The van der Waals surface area contributed by atoms with Crippen molar-refractivity contribution >= 4 is 34.2 Å². The van der Waals surface area contributed by atoms with Gasteiger partial charge in [-0.1, -0.05) is 0 Å². The van der Waals surface area contributed by atoms with Crippen LogP contribution < -0.4 is 0 Å². The van der Waals surface area contributed by atoms with E-state index in [1.807, 2.05) is 0 Å². The molecule has 32 heavy (non-hydrogen) atoms. The molecule has 0 unspecified atom stereocenters. The van der Waals surface area contributed by atoms with E-state index in [1.165, 1.54) is 0 Å². The van der Waals surface area contributed by atoms with Gasteiger partial charge in [-0.15, -0.1) is 0 Å². The van der Waals surface area contributed by atoms with Crippen molar-refractivity contribution in [1.29, 1.82) is 0 Å². The topological polar surface area (TPSA) is 0 Å². The standard InChI is InChI=1S/C10ClF20I/c11-9(28,29)7(24,25)5(20,21)3(16,17)1(12,13)2(14,15)4(18,19)6(22,23)8(26,27)10(30,31)32. The quantitative estimate of drug-likeness (QED) is 0.134. The molecule has 194 valence electrons. The van der Waals surface area contributed by atoms with Gasteiger partial charge in [0, 0.05) is 22.6 Å². The monoisotopic (exact) mass is 662 g/mol. The fourth-order valence-corrected chi connectivity index (χ4v) is 2.00. The van der Waals surface area contributed by atoms with Crippen LogP contribution in [0.15, 0.2) is 0 Å². The van der Waals surface area contributed by atoms with Crippen molar-refractivity contribution in [3.05, 3.63) is 0 Å². The van der Waals surface area contributed by atoms with Gasteiger partial charge in [0.1, 0.15) is 0 Å². The van der Waals surface area contributed by atoms with Gasteiger partial charge in [-0.05, 0) is 11.6 Å². The second kappa shape index (κ2) is 7.56. The van der Waals surface area contributed by atoms with Crippen molar-refractivity contribution in [2.45, 2.75) is 56.7 Å². The van der Waals surface area contributed by atoms with Crippen LogP contribution in [-0.2, 0) is 0 Å². The second-order valence-electron chi connectivity index (χ2n) is 5.59. The summed E-state index contributed by atoms with van der Waals surface area (Å²) in [6, 6.07) is 0. The molecule has 0 saturated heterocycles. The number of hydrogen-bond acceptors (Lipinski definition) is 0. The van der Waals surface area contributed by atoms with Crippen LogP contribution >= 0.6 is 34.2 Å². The highest BCUT2D eigenvalue weighted by Crippen LogP contribution is 2.66. The van der Waals surface area contributed by atoms with Crippen molar-refractivity contribution in [2.75, 3.05) is 0 Å². The molecule has 0 aliphatic carbocycles. The van der Waals surface area contributed by atoms with Crippen LogP contribution in [-0.4, -0.2) is 56.7 Å². The van der Waals surface area contributed by atoms with E-state index in [4.69, 9.17) is 0 Å². The molecular weight excluding hydrogens is 662 g/mol. The molecule has 0 nitrogen and oxygen atoms in total. The highest BCUT2D eigenvalue weighted by Gasteiger charge is 2.97. The highest BCUT2D eigenvalue weighted by atomic mass is 127. The third-order valence-electron chi connectivity index (χ3n) is 3.47. The van der Waals surface area contributed by atoms with Crippen LogP contribution in [0.25, 0.3) is 0 Å². The molecule has 0 saturated carbocycles. The Labute approximate surface area is 179 Å². The Morgan fingerprint density at radius 3 is 0.625 bits per heavy atom. The zero-order valence-electron chi connectivity index (χ0n) is 13.3. The highest BCUT2D eigenvalue weighted by molar-refractivity contribution is 14.1. The van der Waals surface area contributed by atoms with Crippen LogP contribution in [0.4, 0.5) is 87.8 Å². The van der Waals surface area contributed by atoms with Crippen LogP contribution in [0.2, 0.25) is 0 Å². The van der Waals surface area contributed by atoms with Crippen LogP contribution in [0.5, 0.6) is 0 Å². The first-order valence-electron chi connectivity index (χ1n) is 6.41. The first kappa shape index (κ1) is 31.6. The summed E-state index contributed by atoms with van der Waals surface area (Å²) >= 11 is 2.16. The molecule has 0 N–H and O–H groups in total. The van der Waals surface area contributed by atoms with Crippen LogP contribution in [0.3, 0.4) is 0 Å². The maximum atomic E-state index is 13.3. The minimum Gasteiger partial charge on any atom is -0.192 e. The third-order valence-corrected chi connectivity index (χ3v) is 4.39. The number of rotatable bonds is 9. The minimum absolute atomic E-state index is 1.11. The van der Waals surface area contributed by atoms with Crippen molar-refractivity contribution in [2.24, 2.45) is 0 Å². The largest absolute Gasteiger partial charge is 0.393 e. The number of alkyl halides is 22. The van der Waals surface area contributed by atoms with Crippen molar-refractivity contribution in [1.82, 2.24) is 0 Å². The Bertz CT molecular complexity index is 638. The Morgan fingerprint density at radius 1 is 0.312 bits per heavy atom. The molecule has 0 radical (unpaired) electrons. The molecule has 0 heterocycles. The summed E-state index contributed by atoms with van der Waals surface area (Å²) in [5, 5.41) is -7.01. The van der Waals surface area contributed by atoms with E-state index in [2.05, 4.69) is 11.6 Å². The van der Waals surface area contributed by atoms with E-state index < -0.39 is 79.3 Å². The molecule has 0 rings (SSSR count). The van der Waals surface area contributed by atoms with E-state index in [1.54, 1.807) is 0 Å². The van der Waals surface area contributed by atoms with E-state index >= 15 is 0 Å². The number of halogens is 22. The predicted octanol–water partition coefficient (Wildman–Crippen LogP) is 7.93. The fourth-order valence-electron chi connectivity index (χ4n) is 1.54. The van der Waals surface area contributed by atoms with Crippen molar-refractivity contribution < 1.29 is 87.8 Å². The first-order valence-corrected chi connectivity index (χ1v) is 7.86. The predicted molar refractivity (Wildman–Crippen MR) is 69.3 cm³/mol. The van der Waals surface area contributed by atoms with E-state index in [0.29, 0.717) is 0 Å². The summed E-state index contributed by atoms with van der Waals surface area (Å²) in [5.41, 5.74) is 0. The van der Waals surface area contributed by atoms with Gasteiger partial charge in [0.2, 0.25) is 0 Å². The van der Waals surface area contributed by atoms with Gasteiger partial charge in [0.25, 0.3) is 0 Å². The molecular formula is C10ClF20I. The van der Waals surface area contributed by atoms with Gasteiger partial charge in [0.15, 0.2) is 0 Å². The van der Waals surface area contributed by atoms with Crippen LogP contribution in [0, 0.1) is 0 Å². The lowest BCUT2D eigenvalue weighted by Crippen LogP contribution is -2.76. The molecule has 0 aliphatic rings. The summed E-state index contributed by atoms with van der Waals surface area (Å²) in [7, 11) is 0. The maximum Gasteiger partial charge on any atom is 0.393 e. The molecule has 0 bridgehead atoms. The third kappa shape index (κ3) is 3.73. The van der Waals surface area contributed by atoms with Gasteiger partial charge in [-0.25, -0.2) is 0 Å². The van der Waals surface area contributed by atoms with Gasteiger partial charge >= 0.3 is 56.7 Å². The Kier molecular flexibility index (Phi) is 7.47. The summed E-state index contributed by atoms with van der Waals surface area (Å²) in [4.78, 5) is 0. The lowest BCUT2D eigenvalue weighted by Gasteiger charge is -2.44. The molecule has 0 aromatic rings. The summed E-state index contributed by atoms with van der Waals surface area (Å²) in [6.07, 6.45) is 0. The Balaban J connectivity index is 7.00. The van der Waals surface area contributed by atoms with Crippen LogP contribution in [0.1, 0.15) is 0 Å². The Morgan fingerprint density at radius 2 is 0.469 bits per heavy atom. The average molecular weight is 662 g/mol. The molecule has 0 atom stereocenters. The van der Waals surface area contributed by atoms with E-state index in [0.717, 1.165) is 0 Å².